The summed E-state index contributed by atoms with van der Waals surface area (Å²) in [4.78, 5) is 14.5. The highest BCUT2D eigenvalue weighted by atomic mass is 35.5. The maximum absolute atomic E-state index is 13.1. The molecule has 1 atom stereocenters. The number of carbonyl (C=O) groups is 1. The highest BCUT2D eigenvalue weighted by Gasteiger charge is 2.36. The summed E-state index contributed by atoms with van der Waals surface area (Å²) in [5, 5.41) is 0.322. The van der Waals surface area contributed by atoms with Crippen LogP contribution in [0.3, 0.4) is 0 Å². The van der Waals surface area contributed by atoms with Gasteiger partial charge in [-0.3, -0.25) is 4.79 Å². The lowest BCUT2D eigenvalue weighted by molar-refractivity contribution is -0.140. The molecule has 0 bridgehead atoms. The Morgan fingerprint density at radius 1 is 1.27 bits per heavy atom. The lowest BCUT2D eigenvalue weighted by Gasteiger charge is -2.35. The van der Waals surface area contributed by atoms with Gasteiger partial charge in [0.2, 0.25) is 15.9 Å². The molecule has 2 saturated heterocycles. The van der Waals surface area contributed by atoms with Gasteiger partial charge in [-0.1, -0.05) is 11.6 Å². The van der Waals surface area contributed by atoms with E-state index in [1.807, 2.05) is 0 Å². The molecule has 9 heteroatoms. The second-order valence-corrected chi connectivity index (χ2v) is 8.78. The Morgan fingerprint density at radius 2 is 2.00 bits per heavy atom. The van der Waals surface area contributed by atoms with Gasteiger partial charge in [-0.15, -0.1) is 0 Å². The molecule has 3 rings (SSSR count). The summed E-state index contributed by atoms with van der Waals surface area (Å²) >= 11 is 5.99. The molecule has 7 nitrogen and oxygen atoms in total. The molecule has 2 fully saturated rings. The summed E-state index contributed by atoms with van der Waals surface area (Å²) in [6.07, 6.45) is 1.33. The van der Waals surface area contributed by atoms with Crippen LogP contribution in [0.2, 0.25) is 5.02 Å². The van der Waals surface area contributed by atoms with Gasteiger partial charge in [-0.05, 0) is 31.0 Å². The number of morpholine rings is 1. The van der Waals surface area contributed by atoms with Gasteiger partial charge in [0.15, 0.2) is 0 Å². The van der Waals surface area contributed by atoms with Crippen LogP contribution in [0.1, 0.15) is 12.8 Å². The van der Waals surface area contributed by atoms with Crippen LogP contribution in [0.15, 0.2) is 23.1 Å². The zero-order chi connectivity index (χ0) is 18.7. The van der Waals surface area contributed by atoms with Crippen molar-refractivity contribution in [1.82, 2.24) is 9.21 Å². The van der Waals surface area contributed by atoms with E-state index in [-0.39, 0.29) is 29.0 Å². The van der Waals surface area contributed by atoms with Gasteiger partial charge >= 0.3 is 0 Å². The number of hydrogen-bond donors (Lipinski definition) is 0. The molecule has 0 aromatic heterocycles. The van der Waals surface area contributed by atoms with Crippen molar-refractivity contribution in [1.29, 1.82) is 0 Å². The van der Waals surface area contributed by atoms with E-state index < -0.39 is 10.0 Å². The van der Waals surface area contributed by atoms with Crippen molar-refractivity contribution in [3.63, 3.8) is 0 Å². The molecule has 2 aliphatic heterocycles. The summed E-state index contributed by atoms with van der Waals surface area (Å²) in [7, 11) is -2.38. The number of hydrogen-bond acceptors (Lipinski definition) is 5. The van der Waals surface area contributed by atoms with Crippen molar-refractivity contribution >= 4 is 27.5 Å². The molecule has 1 aromatic carbocycles. The molecule has 0 unspecified atom stereocenters. The third-order valence-corrected chi connectivity index (χ3v) is 6.92. The van der Waals surface area contributed by atoms with E-state index in [0.717, 1.165) is 0 Å². The molecule has 1 amide bonds. The molecule has 0 aliphatic carbocycles. The van der Waals surface area contributed by atoms with Gasteiger partial charge in [-0.25, -0.2) is 8.42 Å². The van der Waals surface area contributed by atoms with Crippen LogP contribution in [0.25, 0.3) is 0 Å². The number of rotatable bonds is 4. The minimum Gasteiger partial charge on any atom is -0.495 e. The maximum Gasteiger partial charge on any atom is 0.246 e. The Balaban J connectivity index is 1.80. The predicted molar refractivity (Wildman–Crippen MR) is 96.9 cm³/mol. The van der Waals surface area contributed by atoms with Crippen molar-refractivity contribution in [2.24, 2.45) is 5.92 Å². The van der Waals surface area contributed by atoms with Gasteiger partial charge in [0.25, 0.3) is 0 Å². The van der Waals surface area contributed by atoms with E-state index in [4.69, 9.17) is 21.1 Å². The molecular formula is C17H23ClN2O5S. The molecule has 144 valence electrons. The average molecular weight is 403 g/mol. The van der Waals surface area contributed by atoms with E-state index in [2.05, 4.69) is 0 Å². The fourth-order valence-electron chi connectivity index (χ4n) is 3.40. The number of piperidine rings is 1. The van der Waals surface area contributed by atoms with Crippen LogP contribution in [0.5, 0.6) is 5.75 Å². The van der Waals surface area contributed by atoms with Crippen molar-refractivity contribution in [2.75, 3.05) is 46.5 Å². The Labute approximate surface area is 158 Å². The molecule has 2 heterocycles. The summed E-state index contributed by atoms with van der Waals surface area (Å²) in [6, 6.07) is 4.51. The fraction of sp³-hybridized carbons (Fsp3) is 0.588. The molecule has 0 saturated carbocycles. The smallest absolute Gasteiger partial charge is 0.246 e. The monoisotopic (exact) mass is 402 g/mol. The normalized spacial score (nSPS) is 22.2. The highest BCUT2D eigenvalue weighted by molar-refractivity contribution is 7.89. The minimum absolute atomic E-state index is 0.00580. The van der Waals surface area contributed by atoms with E-state index in [0.29, 0.717) is 50.7 Å². The van der Waals surface area contributed by atoms with Gasteiger partial charge in [-0.2, -0.15) is 4.31 Å². The third-order valence-electron chi connectivity index (χ3n) is 4.80. The van der Waals surface area contributed by atoms with Crippen LogP contribution < -0.4 is 4.74 Å². The summed E-state index contributed by atoms with van der Waals surface area (Å²) in [6.45, 7) is 2.73. The topological polar surface area (TPSA) is 76.2 Å². The SMILES string of the molecule is COc1ccc(Cl)cc1S(=O)(=O)N1CCC[C@@H](C(=O)N2CCOCC2)C1. The molecule has 0 radical (unpaired) electrons. The summed E-state index contributed by atoms with van der Waals surface area (Å²) in [5.74, 6) is -0.0795. The fourth-order valence-corrected chi connectivity index (χ4v) is 5.34. The first-order valence-electron chi connectivity index (χ1n) is 8.63. The zero-order valence-electron chi connectivity index (χ0n) is 14.7. The standard InChI is InChI=1S/C17H23ClN2O5S/c1-24-15-5-4-14(18)11-16(15)26(22,23)20-6-2-3-13(12-20)17(21)19-7-9-25-10-8-19/h4-5,11,13H,2-3,6-10,12H2,1H3/t13-/m1/s1. The van der Waals surface area contributed by atoms with E-state index in [1.165, 1.54) is 23.5 Å². The van der Waals surface area contributed by atoms with Gasteiger partial charge < -0.3 is 14.4 Å². The molecule has 26 heavy (non-hydrogen) atoms. The van der Waals surface area contributed by atoms with E-state index >= 15 is 0 Å². The second-order valence-electron chi connectivity index (χ2n) is 6.44. The summed E-state index contributed by atoms with van der Waals surface area (Å²) < 4.78 is 38.1. The number of methoxy groups -OCH3 is 1. The van der Waals surface area contributed by atoms with Crippen LogP contribution >= 0.6 is 11.6 Å². The molecule has 0 spiro atoms. The highest BCUT2D eigenvalue weighted by Crippen LogP contribution is 2.32. The van der Waals surface area contributed by atoms with Crippen LogP contribution in [-0.4, -0.2) is 70.0 Å². The van der Waals surface area contributed by atoms with Gasteiger partial charge in [0.05, 0.1) is 26.2 Å². The number of carbonyl (C=O) groups excluding carboxylic acids is 1. The second kappa shape index (κ2) is 8.12. The first kappa shape index (κ1) is 19.4. The maximum atomic E-state index is 13.1. The number of nitrogens with zero attached hydrogens (tertiary/aromatic N) is 2. The molecular weight excluding hydrogens is 380 g/mol. The lowest BCUT2D eigenvalue weighted by atomic mass is 9.98. The Bertz CT molecular complexity index is 764. The quantitative estimate of drug-likeness (QED) is 0.764. The predicted octanol–water partition coefficient (Wildman–Crippen LogP) is 1.61. The molecule has 0 N–H and O–H groups in total. The van der Waals surface area contributed by atoms with Crippen molar-refractivity contribution < 1.29 is 22.7 Å². The lowest BCUT2D eigenvalue weighted by Crippen LogP contribution is -2.49. The molecule has 2 aliphatic rings. The van der Waals surface area contributed by atoms with Crippen LogP contribution in [-0.2, 0) is 19.6 Å². The number of sulfonamides is 1. The van der Waals surface area contributed by atoms with Gasteiger partial charge in [0.1, 0.15) is 10.6 Å². The first-order valence-corrected chi connectivity index (χ1v) is 10.5. The van der Waals surface area contributed by atoms with Crippen LogP contribution in [0.4, 0.5) is 0 Å². The number of ether oxygens (including phenoxy) is 2. The van der Waals surface area contributed by atoms with Gasteiger partial charge in [0, 0.05) is 31.2 Å². The third kappa shape index (κ3) is 3.98. The largest absolute Gasteiger partial charge is 0.495 e. The Hall–Kier alpha value is -1.35. The van der Waals surface area contributed by atoms with Crippen molar-refractivity contribution in [2.45, 2.75) is 17.7 Å². The van der Waals surface area contributed by atoms with Crippen LogP contribution in [0, 0.1) is 5.92 Å². The Kier molecular flexibility index (Phi) is 6.06. The van der Waals surface area contributed by atoms with Crippen molar-refractivity contribution in [3.05, 3.63) is 23.2 Å². The van der Waals surface area contributed by atoms with E-state index in [9.17, 15) is 13.2 Å². The van der Waals surface area contributed by atoms with E-state index in [1.54, 1.807) is 11.0 Å². The first-order chi connectivity index (χ1) is 12.4. The molecule has 1 aromatic rings. The van der Waals surface area contributed by atoms with Crippen molar-refractivity contribution in [3.8, 4) is 5.75 Å². The average Bonchev–Trinajstić information content (AvgIpc) is 2.68. The number of amides is 1. The summed E-state index contributed by atoms with van der Waals surface area (Å²) in [5.41, 5.74) is 0. The minimum atomic E-state index is -3.80. The number of benzene rings is 1. The Morgan fingerprint density at radius 3 is 2.69 bits per heavy atom. The zero-order valence-corrected chi connectivity index (χ0v) is 16.3. The number of halogens is 1.